The van der Waals surface area contributed by atoms with Gasteiger partial charge in [-0.3, -0.25) is 9.69 Å². The van der Waals surface area contributed by atoms with Gasteiger partial charge in [-0.25, -0.2) is 0 Å². The summed E-state index contributed by atoms with van der Waals surface area (Å²) in [7, 11) is 3.80. The molecular formula is C10H20N2O2. The van der Waals surface area contributed by atoms with Gasteiger partial charge >= 0.3 is 0 Å². The van der Waals surface area contributed by atoms with Crippen molar-refractivity contribution in [2.24, 2.45) is 0 Å². The Kier molecular flexibility index (Phi) is 4.35. The van der Waals surface area contributed by atoms with Crippen molar-refractivity contribution in [1.82, 2.24) is 9.80 Å². The van der Waals surface area contributed by atoms with Crippen molar-refractivity contribution >= 4 is 5.91 Å². The Bertz CT molecular complexity index is 197. The van der Waals surface area contributed by atoms with Crippen molar-refractivity contribution in [2.45, 2.75) is 19.4 Å². The van der Waals surface area contributed by atoms with E-state index in [0.29, 0.717) is 6.04 Å². The molecule has 0 radical (unpaired) electrons. The van der Waals surface area contributed by atoms with Crippen LogP contribution in [0.1, 0.15) is 13.3 Å². The van der Waals surface area contributed by atoms with Crippen LogP contribution in [0.25, 0.3) is 0 Å². The highest BCUT2D eigenvalue weighted by Gasteiger charge is 2.26. The molecule has 1 heterocycles. The summed E-state index contributed by atoms with van der Waals surface area (Å²) in [6, 6.07) is 0.508. The fourth-order valence-corrected chi connectivity index (χ4v) is 1.81. The Hall–Kier alpha value is -0.610. The molecule has 1 atom stereocenters. The average molecular weight is 200 g/mol. The maximum absolute atomic E-state index is 11.1. The summed E-state index contributed by atoms with van der Waals surface area (Å²) in [5.41, 5.74) is 0. The van der Waals surface area contributed by atoms with Crippen molar-refractivity contribution < 1.29 is 9.53 Å². The summed E-state index contributed by atoms with van der Waals surface area (Å²) in [6.07, 6.45) is 1.08. The minimum absolute atomic E-state index is 0.188. The molecule has 1 unspecified atom stereocenters. The number of hydrogen-bond acceptors (Lipinski definition) is 3. The lowest BCUT2D eigenvalue weighted by Crippen LogP contribution is -2.37. The zero-order valence-electron chi connectivity index (χ0n) is 9.32. The maximum Gasteiger partial charge on any atom is 0.219 e. The standard InChI is InChI=1S/C10H20N2O2/c1-9(13)12-5-4-10(8-12)11(2)6-7-14-3/h10H,4-8H2,1-3H3. The molecule has 82 valence electrons. The molecule has 0 aromatic heterocycles. The second-order valence-corrected chi connectivity index (χ2v) is 3.88. The predicted molar refractivity (Wildman–Crippen MR) is 55.2 cm³/mol. The number of amides is 1. The van der Waals surface area contributed by atoms with E-state index in [1.54, 1.807) is 14.0 Å². The van der Waals surface area contributed by atoms with Crippen molar-refractivity contribution in [1.29, 1.82) is 0 Å². The van der Waals surface area contributed by atoms with Crippen LogP contribution < -0.4 is 0 Å². The third kappa shape index (κ3) is 2.96. The first kappa shape index (κ1) is 11.5. The van der Waals surface area contributed by atoms with Gasteiger partial charge in [0.05, 0.1) is 6.61 Å². The summed E-state index contributed by atoms with van der Waals surface area (Å²) in [6.45, 7) is 5.10. The molecular weight excluding hydrogens is 180 g/mol. The molecule has 1 aliphatic rings. The predicted octanol–water partition coefficient (Wildman–Crippen LogP) is 0.185. The molecule has 0 aromatic carbocycles. The second-order valence-electron chi connectivity index (χ2n) is 3.88. The molecule has 0 aromatic rings. The van der Waals surface area contributed by atoms with Crippen LogP contribution in [0.3, 0.4) is 0 Å². The number of hydrogen-bond donors (Lipinski definition) is 0. The van der Waals surface area contributed by atoms with E-state index in [9.17, 15) is 4.79 Å². The highest BCUT2D eigenvalue weighted by atomic mass is 16.5. The Balaban J connectivity index is 2.30. The molecule has 1 aliphatic heterocycles. The van der Waals surface area contributed by atoms with Crippen LogP contribution in [-0.4, -0.2) is 62.1 Å². The molecule has 0 aliphatic carbocycles. The Morgan fingerprint density at radius 2 is 2.36 bits per heavy atom. The molecule has 1 saturated heterocycles. The van der Waals surface area contributed by atoms with Crippen LogP contribution in [-0.2, 0) is 9.53 Å². The zero-order valence-corrected chi connectivity index (χ0v) is 9.32. The number of carbonyl (C=O) groups excluding carboxylic acids is 1. The molecule has 1 rings (SSSR count). The summed E-state index contributed by atoms with van der Waals surface area (Å²) in [5.74, 6) is 0.188. The topological polar surface area (TPSA) is 32.8 Å². The first-order valence-electron chi connectivity index (χ1n) is 5.10. The van der Waals surface area contributed by atoms with Crippen LogP contribution in [0.4, 0.5) is 0 Å². The maximum atomic E-state index is 11.1. The van der Waals surface area contributed by atoms with Crippen LogP contribution in [0.2, 0.25) is 0 Å². The van der Waals surface area contributed by atoms with Gasteiger partial charge in [0, 0.05) is 39.7 Å². The van der Waals surface area contributed by atoms with Gasteiger partial charge in [-0.2, -0.15) is 0 Å². The third-order valence-corrected chi connectivity index (χ3v) is 2.88. The van der Waals surface area contributed by atoms with Gasteiger partial charge in [0.25, 0.3) is 0 Å². The largest absolute Gasteiger partial charge is 0.383 e. The van der Waals surface area contributed by atoms with Crippen LogP contribution in [0.15, 0.2) is 0 Å². The van der Waals surface area contributed by atoms with Gasteiger partial charge in [-0.05, 0) is 13.5 Å². The van der Waals surface area contributed by atoms with Crippen LogP contribution in [0, 0.1) is 0 Å². The van der Waals surface area contributed by atoms with E-state index in [1.165, 1.54) is 0 Å². The third-order valence-electron chi connectivity index (χ3n) is 2.88. The van der Waals surface area contributed by atoms with Crippen LogP contribution >= 0.6 is 0 Å². The first-order chi connectivity index (χ1) is 6.65. The summed E-state index contributed by atoms with van der Waals surface area (Å²) in [4.78, 5) is 15.3. The number of nitrogens with zero attached hydrogens (tertiary/aromatic N) is 2. The number of ether oxygens (including phenoxy) is 1. The van der Waals surface area contributed by atoms with Crippen molar-refractivity contribution in [3.8, 4) is 0 Å². The van der Waals surface area contributed by atoms with Crippen molar-refractivity contribution in [3.63, 3.8) is 0 Å². The van der Waals surface area contributed by atoms with E-state index in [0.717, 1.165) is 32.7 Å². The van der Waals surface area contributed by atoms with Gasteiger partial charge in [-0.15, -0.1) is 0 Å². The molecule has 0 bridgehead atoms. The highest BCUT2D eigenvalue weighted by molar-refractivity contribution is 5.73. The quantitative estimate of drug-likeness (QED) is 0.649. The highest BCUT2D eigenvalue weighted by Crippen LogP contribution is 2.13. The number of rotatable bonds is 4. The molecule has 4 heteroatoms. The number of carbonyl (C=O) groups is 1. The van der Waals surface area contributed by atoms with Crippen molar-refractivity contribution in [3.05, 3.63) is 0 Å². The van der Waals surface area contributed by atoms with E-state index in [-0.39, 0.29) is 5.91 Å². The molecule has 0 N–H and O–H groups in total. The van der Waals surface area contributed by atoms with E-state index >= 15 is 0 Å². The Labute approximate surface area is 85.8 Å². The first-order valence-corrected chi connectivity index (χ1v) is 5.10. The van der Waals surface area contributed by atoms with E-state index < -0.39 is 0 Å². The van der Waals surface area contributed by atoms with Gasteiger partial charge in [0.1, 0.15) is 0 Å². The van der Waals surface area contributed by atoms with Crippen molar-refractivity contribution in [2.75, 3.05) is 40.4 Å². The Morgan fingerprint density at radius 1 is 1.64 bits per heavy atom. The van der Waals surface area contributed by atoms with Gasteiger partial charge in [0.2, 0.25) is 5.91 Å². The number of methoxy groups -OCH3 is 1. The van der Waals surface area contributed by atoms with Crippen LogP contribution in [0.5, 0.6) is 0 Å². The fourth-order valence-electron chi connectivity index (χ4n) is 1.81. The number of likely N-dealkylation sites (tertiary alicyclic amines) is 1. The van der Waals surface area contributed by atoms with E-state index in [2.05, 4.69) is 11.9 Å². The van der Waals surface area contributed by atoms with E-state index in [4.69, 9.17) is 4.74 Å². The minimum Gasteiger partial charge on any atom is -0.383 e. The smallest absolute Gasteiger partial charge is 0.219 e. The van der Waals surface area contributed by atoms with Gasteiger partial charge < -0.3 is 9.64 Å². The molecule has 0 spiro atoms. The average Bonchev–Trinajstić information content (AvgIpc) is 2.62. The van der Waals surface area contributed by atoms with E-state index in [1.807, 2.05) is 4.90 Å². The lowest BCUT2D eigenvalue weighted by molar-refractivity contribution is -0.127. The number of likely N-dealkylation sites (N-methyl/N-ethyl adjacent to an activating group) is 1. The van der Waals surface area contributed by atoms with Gasteiger partial charge in [-0.1, -0.05) is 0 Å². The minimum atomic E-state index is 0.188. The molecule has 0 saturated carbocycles. The zero-order chi connectivity index (χ0) is 10.6. The summed E-state index contributed by atoms with van der Waals surface area (Å²) >= 11 is 0. The molecule has 4 nitrogen and oxygen atoms in total. The summed E-state index contributed by atoms with van der Waals surface area (Å²) in [5, 5.41) is 0. The molecule has 1 fully saturated rings. The lowest BCUT2D eigenvalue weighted by atomic mass is 10.2. The molecule has 14 heavy (non-hydrogen) atoms. The molecule has 1 amide bonds. The fraction of sp³-hybridized carbons (Fsp3) is 0.900. The summed E-state index contributed by atoms with van der Waals surface area (Å²) < 4.78 is 5.02. The van der Waals surface area contributed by atoms with Gasteiger partial charge in [0.15, 0.2) is 0 Å². The normalized spacial score (nSPS) is 22.0. The lowest BCUT2D eigenvalue weighted by Gasteiger charge is -2.23. The Morgan fingerprint density at radius 3 is 2.86 bits per heavy atom. The SMILES string of the molecule is COCCN(C)C1CCN(C(C)=O)C1. The second kappa shape index (κ2) is 5.32. The monoisotopic (exact) mass is 200 g/mol.